The molecule has 0 aliphatic carbocycles. The Kier molecular flexibility index (Phi) is 4.54. The first-order chi connectivity index (χ1) is 10.2. The highest BCUT2D eigenvalue weighted by Gasteiger charge is 2.51. The summed E-state index contributed by atoms with van der Waals surface area (Å²) in [7, 11) is -0.483. The topological polar surface area (TPSA) is 65.0 Å². The Morgan fingerprint density at radius 2 is 1.82 bits per heavy atom. The molecule has 1 fully saturated rings. The number of benzene rings is 1. The molecule has 2 rings (SSSR count). The van der Waals surface area contributed by atoms with Crippen LogP contribution in [0.2, 0.25) is 0 Å². The van der Waals surface area contributed by atoms with Gasteiger partial charge in [-0.25, -0.2) is 0 Å². The van der Waals surface area contributed by atoms with Crippen LogP contribution in [-0.4, -0.2) is 36.0 Å². The molecule has 120 valence electrons. The highest BCUT2D eigenvalue weighted by atomic mass is 16.7. The Morgan fingerprint density at radius 3 is 2.32 bits per heavy atom. The van der Waals surface area contributed by atoms with E-state index in [9.17, 15) is 4.79 Å². The second-order valence-corrected chi connectivity index (χ2v) is 6.46. The molecule has 0 atom stereocenters. The largest absolute Gasteiger partial charge is 0.494 e. The summed E-state index contributed by atoms with van der Waals surface area (Å²) in [4.78, 5) is 10.9. The molecule has 0 amide bonds. The molecule has 6 heteroatoms. The summed E-state index contributed by atoms with van der Waals surface area (Å²) in [5.41, 5.74) is 0.651. The maximum Gasteiger partial charge on any atom is 0.494 e. The smallest absolute Gasteiger partial charge is 0.494 e. The molecule has 22 heavy (non-hydrogen) atoms. The third-order valence-electron chi connectivity index (χ3n) is 4.26. The van der Waals surface area contributed by atoms with Gasteiger partial charge in [0.05, 0.1) is 24.2 Å². The van der Waals surface area contributed by atoms with Crippen molar-refractivity contribution in [1.29, 1.82) is 0 Å². The van der Waals surface area contributed by atoms with Gasteiger partial charge < -0.3 is 19.2 Å². The number of carboxylic acids is 1. The van der Waals surface area contributed by atoms with Crippen molar-refractivity contribution in [3.8, 4) is 5.75 Å². The van der Waals surface area contributed by atoms with E-state index in [0.29, 0.717) is 17.9 Å². The van der Waals surface area contributed by atoms with Crippen LogP contribution < -0.4 is 10.2 Å². The third kappa shape index (κ3) is 3.28. The molecule has 1 N–H and O–H groups in total. The summed E-state index contributed by atoms with van der Waals surface area (Å²) in [6.07, 6.45) is -0.0705. The zero-order chi connectivity index (χ0) is 16.5. The average molecular weight is 306 g/mol. The quantitative estimate of drug-likeness (QED) is 0.843. The number of ether oxygens (including phenoxy) is 1. The molecule has 0 bridgehead atoms. The van der Waals surface area contributed by atoms with Crippen molar-refractivity contribution in [1.82, 2.24) is 0 Å². The van der Waals surface area contributed by atoms with Crippen molar-refractivity contribution in [3.63, 3.8) is 0 Å². The first kappa shape index (κ1) is 16.8. The molecule has 0 aromatic heterocycles. The van der Waals surface area contributed by atoms with Crippen LogP contribution in [0.3, 0.4) is 0 Å². The van der Waals surface area contributed by atoms with Crippen molar-refractivity contribution in [3.05, 3.63) is 23.8 Å². The predicted molar refractivity (Wildman–Crippen MR) is 84.7 cm³/mol. The lowest BCUT2D eigenvalue weighted by atomic mass is 9.78. The maximum absolute atomic E-state index is 10.9. The van der Waals surface area contributed by atoms with Gasteiger partial charge in [0, 0.05) is 5.56 Å². The van der Waals surface area contributed by atoms with Gasteiger partial charge in [0.2, 0.25) is 0 Å². The molecule has 0 radical (unpaired) electrons. The first-order valence-electron chi connectivity index (χ1n) is 7.49. The Balaban J connectivity index is 2.30. The van der Waals surface area contributed by atoms with Gasteiger partial charge in [-0.15, -0.1) is 0 Å². The lowest BCUT2D eigenvalue weighted by Gasteiger charge is -2.32. The van der Waals surface area contributed by atoms with Gasteiger partial charge >= 0.3 is 13.1 Å². The van der Waals surface area contributed by atoms with Gasteiger partial charge in [0.15, 0.2) is 0 Å². The number of carbonyl (C=O) groups is 1. The molecule has 1 aromatic rings. The Hall–Kier alpha value is -1.53. The summed E-state index contributed by atoms with van der Waals surface area (Å²) >= 11 is 0. The van der Waals surface area contributed by atoms with Crippen LogP contribution in [0.4, 0.5) is 0 Å². The first-order valence-corrected chi connectivity index (χ1v) is 7.49. The molecule has 5 nitrogen and oxygen atoms in total. The molecule has 1 aliphatic rings. The molecular weight excluding hydrogens is 283 g/mol. The van der Waals surface area contributed by atoms with E-state index >= 15 is 0 Å². The summed E-state index contributed by atoms with van der Waals surface area (Å²) in [5.74, 6) is -0.318. The summed E-state index contributed by atoms with van der Waals surface area (Å²) in [5, 5.41) is 8.97. The fraction of sp³-hybridized carbons (Fsp3) is 0.562. The zero-order valence-electron chi connectivity index (χ0n) is 13.8. The van der Waals surface area contributed by atoms with E-state index in [-0.39, 0.29) is 6.42 Å². The van der Waals surface area contributed by atoms with E-state index < -0.39 is 24.3 Å². The lowest BCUT2D eigenvalue weighted by molar-refractivity contribution is -0.136. The van der Waals surface area contributed by atoms with Crippen molar-refractivity contribution in [2.45, 2.75) is 52.2 Å². The normalized spacial score (nSPS) is 19.2. The Labute approximate surface area is 131 Å². The molecule has 1 aromatic carbocycles. The zero-order valence-corrected chi connectivity index (χ0v) is 13.8. The van der Waals surface area contributed by atoms with Gasteiger partial charge in [0.1, 0.15) is 5.75 Å². The van der Waals surface area contributed by atoms with Crippen LogP contribution in [0.5, 0.6) is 5.75 Å². The van der Waals surface area contributed by atoms with Crippen LogP contribution >= 0.6 is 0 Å². The van der Waals surface area contributed by atoms with Gasteiger partial charge in [-0.2, -0.15) is 0 Å². The molecule has 1 heterocycles. The Bertz CT molecular complexity index is 552. The second-order valence-electron chi connectivity index (χ2n) is 6.46. The van der Waals surface area contributed by atoms with Crippen molar-refractivity contribution in [2.24, 2.45) is 0 Å². The molecule has 1 aliphatic heterocycles. The maximum atomic E-state index is 10.9. The van der Waals surface area contributed by atoms with Gasteiger partial charge in [-0.3, -0.25) is 4.79 Å². The second kappa shape index (κ2) is 5.93. The van der Waals surface area contributed by atoms with Crippen molar-refractivity contribution >= 4 is 18.6 Å². The number of hydrogen-bond acceptors (Lipinski definition) is 4. The number of carboxylic acid groups (broad SMARTS) is 1. The molecule has 1 saturated heterocycles. The predicted octanol–water partition coefficient (Wildman–Crippen LogP) is 2.01. The summed E-state index contributed by atoms with van der Waals surface area (Å²) in [6, 6.07) is 5.41. The van der Waals surface area contributed by atoms with E-state index in [4.69, 9.17) is 19.2 Å². The molecule has 0 saturated carbocycles. The molecule has 0 spiro atoms. The van der Waals surface area contributed by atoms with Gasteiger partial charge in [-0.05, 0) is 46.1 Å². The lowest BCUT2D eigenvalue weighted by Crippen LogP contribution is -2.41. The van der Waals surface area contributed by atoms with Crippen molar-refractivity contribution < 1.29 is 23.9 Å². The van der Waals surface area contributed by atoms with Crippen LogP contribution in [0.25, 0.3) is 0 Å². The standard InChI is InChI=1S/C16H23BO5/c1-6-20-13-10-12(8-7-11(13)9-14(18)19)17-21-15(2,3)16(4,5)22-17/h7-8,10H,6,9H2,1-5H3,(H,18,19). The van der Waals surface area contributed by atoms with Gasteiger partial charge in [0.25, 0.3) is 0 Å². The van der Waals surface area contributed by atoms with E-state index in [0.717, 1.165) is 5.46 Å². The molecular formula is C16H23BO5. The third-order valence-corrected chi connectivity index (χ3v) is 4.26. The highest BCUT2D eigenvalue weighted by Crippen LogP contribution is 2.36. The summed E-state index contributed by atoms with van der Waals surface area (Å²) in [6.45, 7) is 10.3. The van der Waals surface area contributed by atoms with E-state index in [2.05, 4.69) is 0 Å². The number of hydrogen-bond donors (Lipinski definition) is 1. The number of aliphatic carboxylic acids is 1. The minimum atomic E-state index is -0.885. The van der Waals surface area contributed by atoms with Crippen LogP contribution in [0, 0.1) is 0 Å². The van der Waals surface area contributed by atoms with Crippen LogP contribution in [0.1, 0.15) is 40.2 Å². The average Bonchev–Trinajstić information content (AvgIpc) is 2.60. The van der Waals surface area contributed by atoms with Crippen LogP contribution in [0.15, 0.2) is 18.2 Å². The fourth-order valence-corrected chi connectivity index (χ4v) is 2.30. The Morgan fingerprint density at radius 1 is 1.23 bits per heavy atom. The summed E-state index contributed by atoms with van der Waals surface area (Å²) < 4.78 is 17.6. The fourth-order valence-electron chi connectivity index (χ4n) is 2.30. The SMILES string of the molecule is CCOc1cc(B2OC(C)(C)C(C)(C)O2)ccc1CC(=O)O. The number of rotatable bonds is 5. The van der Waals surface area contributed by atoms with Crippen LogP contribution in [-0.2, 0) is 20.5 Å². The van der Waals surface area contributed by atoms with E-state index in [1.165, 1.54) is 0 Å². The minimum absolute atomic E-state index is 0.0705. The van der Waals surface area contributed by atoms with E-state index in [1.807, 2.05) is 46.8 Å². The van der Waals surface area contributed by atoms with Crippen molar-refractivity contribution in [2.75, 3.05) is 6.61 Å². The molecule has 0 unspecified atom stereocenters. The van der Waals surface area contributed by atoms with E-state index in [1.54, 1.807) is 6.07 Å². The van der Waals surface area contributed by atoms with Gasteiger partial charge in [-0.1, -0.05) is 12.1 Å². The monoisotopic (exact) mass is 306 g/mol. The minimum Gasteiger partial charge on any atom is -0.494 e. The highest BCUT2D eigenvalue weighted by molar-refractivity contribution is 6.62.